The van der Waals surface area contributed by atoms with Gasteiger partial charge >= 0.3 is 0 Å². The Labute approximate surface area is 112 Å². The van der Waals surface area contributed by atoms with Crippen LogP contribution in [0.4, 0.5) is 0 Å². The average Bonchev–Trinajstić information content (AvgIpc) is 2.34. The first-order chi connectivity index (χ1) is 8.20. The van der Waals surface area contributed by atoms with E-state index in [1.165, 1.54) is 16.7 Å². The lowest BCUT2D eigenvalue weighted by atomic mass is 10.1. The molecular weight excluding hydrogens is 278 g/mol. The zero-order chi connectivity index (χ0) is 12.3. The van der Waals surface area contributed by atoms with Crippen LogP contribution in [-0.4, -0.2) is 36.0 Å². The van der Waals surface area contributed by atoms with Crippen LogP contribution in [0.2, 0.25) is 0 Å². The van der Waals surface area contributed by atoms with Gasteiger partial charge in [-0.25, -0.2) is 0 Å². The number of halogens is 1. The van der Waals surface area contributed by atoms with Crippen LogP contribution in [0.25, 0.3) is 0 Å². The first-order valence-electron chi connectivity index (χ1n) is 6.14. The van der Waals surface area contributed by atoms with Gasteiger partial charge in [0.1, 0.15) is 0 Å². The van der Waals surface area contributed by atoms with Gasteiger partial charge in [0, 0.05) is 24.5 Å². The van der Waals surface area contributed by atoms with E-state index in [2.05, 4.69) is 52.9 Å². The smallest absolute Gasteiger partial charge is 0.0630 e. The highest BCUT2D eigenvalue weighted by Gasteiger charge is 2.21. The molecule has 0 saturated carbocycles. The minimum atomic E-state index is 0.505. The van der Waals surface area contributed by atoms with Gasteiger partial charge in [-0.15, -0.1) is 0 Å². The molecule has 0 aromatic heterocycles. The molecule has 0 spiro atoms. The van der Waals surface area contributed by atoms with Crippen LogP contribution in [0.15, 0.2) is 18.2 Å². The summed E-state index contributed by atoms with van der Waals surface area (Å²) in [6, 6.07) is 7.26. The second-order valence-corrected chi connectivity index (χ2v) is 5.42. The molecule has 17 heavy (non-hydrogen) atoms. The SMILES string of the molecule is Cc1ccc(CN2CCOCC2CBr)cc1C. The van der Waals surface area contributed by atoms with E-state index in [0.717, 1.165) is 31.6 Å². The molecule has 1 fully saturated rings. The van der Waals surface area contributed by atoms with Crippen LogP contribution >= 0.6 is 15.9 Å². The largest absolute Gasteiger partial charge is 0.378 e. The number of morpholine rings is 1. The highest BCUT2D eigenvalue weighted by molar-refractivity contribution is 9.09. The lowest BCUT2D eigenvalue weighted by Crippen LogP contribution is -2.45. The molecule has 0 amide bonds. The maximum atomic E-state index is 5.51. The number of nitrogens with zero attached hydrogens (tertiary/aromatic N) is 1. The van der Waals surface area contributed by atoms with E-state index in [1.54, 1.807) is 0 Å². The molecule has 1 atom stereocenters. The Morgan fingerprint density at radius 3 is 2.88 bits per heavy atom. The zero-order valence-electron chi connectivity index (χ0n) is 10.6. The molecule has 1 aliphatic heterocycles. The molecule has 1 aromatic rings. The quantitative estimate of drug-likeness (QED) is 0.796. The minimum Gasteiger partial charge on any atom is -0.378 e. The van der Waals surface area contributed by atoms with Crippen LogP contribution in [0, 0.1) is 13.8 Å². The minimum absolute atomic E-state index is 0.505. The molecule has 1 heterocycles. The number of alkyl halides is 1. The van der Waals surface area contributed by atoms with Gasteiger partial charge < -0.3 is 4.74 Å². The summed E-state index contributed by atoms with van der Waals surface area (Å²) in [5, 5.41) is 0.984. The van der Waals surface area contributed by atoms with E-state index < -0.39 is 0 Å². The van der Waals surface area contributed by atoms with E-state index in [0.29, 0.717) is 6.04 Å². The molecule has 94 valence electrons. The van der Waals surface area contributed by atoms with Crippen molar-refractivity contribution in [3.8, 4) is 0 Å². The molecule has 1 aliphatic rings. The normalized spacial score (nSPS) is 21.7. The summed E-state index contributed by atoms with van der Waals surface area (Å²) in [5.41, 5.74) is 4.15. The summed E-state index contributed by atoms with van der Waals surface area (Å²) in [7, 11) is 0. The Hall–Kier alpha value is -0.380. The number of benzene rings is 1. The predicted octanol–water partition coefficient (Wildman–Crippen LogP) is 2.90. The van der Waals surface area contributed by atoms with Gasteiger partial charge in [-0.05, 0) is 30.5 Å². The van der Waals surface area contributed by atoms with Gasteiger partial charge in [0.15, 0.2) is 0 Å². The monoisotopic (exact) mass is 297 g/mol. The van der Waals surface area contributed by atoms with Crippen LogP contribution < -0.4 is 0 Å². The van der Waals surface area contributed by atoms with Crippen molar-refractivity contribution >= 4 is 15.9 Å². The lowest BCUT2D eigenvalue weighted by molar-refractivity contribution is -0.00213. The zero-order valence-corrected chi connectivity index (χ0v) is 12.2. The average molecular weight is 298 g/mol. The maximum absolute atomic E-state index is 5.51. The van der Waals surface area contributed by atoms with Crippen LogP contribution in [0.1, 0.15) is 16.7 Å². The van der Waals surface area contributed by atoms with Gasteiger partial charge in [-0.2, -0.15) is 0 Å². The number of rotatable bonds is 3. The summed E-state index contributed by atoms with van der Waals surface area (Å²) in [6.07, 6.45) is 0. The molecule has 1 aromatic carbocycles. The van der Waals surface area contributed by atoms with Crippen molar-refractivity contribution in [3.05, 3.63) is 34.9 Å². The number of ether oxygens (including phenoxy) is 1. The molecule has 3 heteroatoms. The molecule has 0 aliphatic carbocycles. The van der Waals surface area contributed by atoms with Crippen molar-refractivity contribution < 1.29 is 4.74 Å². The van der Waals surface area contributed by atoms with Crippen molar-refractivity contribution in [1.29, 1.82) is 0 Å². The molecular formula is C14H20BrNO. The van der Waals surface area contributed by atoms with E-state index in [-0.39, 0.29) is 0 Å². The maximum Gasteiger partial charge on any atom is 0.0630 e. The molecule has 1 saturated heterocycles. The summed E-state index contributed by atoms with van der Waals surface area (Å²) < 4.78 is 5.51. The first kappa shape index (κ1) is 13.1. The van der Waals surface area contributed by atoms with Crippen LogP contribution in [0.3, 0.4) is 0 Å². The summed E-state index contributed by atoms with van der Waals surface area (Å²) in [5.74, 6) is 0. The molecule has 0 radical (unpaired) electrons. The van der Waals surface area contributed by atoms with E-state index in [4.69, 9.17) is 4.74 Å². The first-order valence-corrected chi connectivity index (χ1v) is 7.26. The fourth-order valence-electron chi connectivity index (χ4n) is 2.18. The fraction of sp³-hybridized carbons (Fsp3) is 0.571. The highest BCUT2D eigenvalue weighted by Crippen LogP contribution is 2.16. The number of hydrogen-bond acceptors (Lipinski definition) is 2. The van der Waals surface area contributed by atoms with Gasteiger partial charge in [0.2, 0.25) is 0 Å². The number of hydrogen-bond donors (Lipinski definition) is 0. The molecule has 0 bridgehead atoms. The van der Waals surface area contributed by atoms with Crippen molar-refractivity contribution in [2.75, 3.05) is 25.1 Å². The van der Waals surface area contributed by atoms with Crippen molar-refractivity contribution in [2.45, 2.75) is 26.4 Å². The second kappa shape index (κ2) is 5.98. The fourth-order valence-corrected chi connectivity index (χ4v) is 2.77. The molecule has 2 rings (SSSR count). The molecule has 0 N–H and O–H groups in total. The standard InChI is InChI=1S/C14H20BrNO/c1-11-3-4-13(7-12(11)2)9-16-5-6-17-10-14(16)8-15/h3-4,7,14H,5-6,8-10H2,1-2H3. The highest BCUT2D eigenvalue weighted by atomic mass is 79.9. The summed E-state index contributed by atoms with van der Waals surface area (Å²) in [4.78, 5) is 2.50. The third-order valence-electron chi connectivity index (χ3n) is 3.48. The van der Waals surface area contributed by atoms with Crippen molar-refractivity contribution in [3.63, 3.8) is 0 Å². The topological polar surface area (TPSA) is 12.5 Å². The Balaban J connectivity index is 2.05. The Kier molecular flexibility index (Phi) is 4.60. The van der Waals surface area contributed by atoms with Crippen LogP contribution in [-0.2, 0) is 11.3 Å². The van der Waals surface area contributed by atoms with E-state index >= 15 is 0 Å². The van der Waals surface area contributed by atoms with Crippen LogP contribution in [0.5, 0.6) is 0 Å². The Morgan fingerprint density at radius 1 is 1.35 bits per heavy atom. The lowest BCUT2D eigenvalue weighted by Gasteiger charge is -2.34. The van der Waals surface area contributed by atoms with Crippen molar-refractivity contribution in [2.24, 2.45) is 0 Å². The third kappa shape index (κ3) is 3.30. The van der Waals surface area contributed by atoms with E-state index in [9.17, 15) is 0 Å². The number of aryl methyl sites for hydroxylation is 2. The second-order valence-electron chi connectivity index (χ2n) is 4.77. The Morgan fingerprint density at radius 2 is 2.18 bits per heavy atom. The third-order valence-corrected chi connectivity index (χ3v) is 4.23. The predicted molar refractivity (Wildman–Crippen MR) is 74.7 cm³/mol. The Bertz CT molecular complexity index is 380. The molecule has 2 nitrogen and oxygen atoms in total. The van der Waals surface area contributed by atoms with Gasteiger partial charge in [-0.1, -0.05) is 34.1 Å². The van der Waals surface area contributed by atoms with Gasteiger partial charge in [0.25, 0.3) is 0 Å². The van der Waals surface area contributed by atoms with Gasteiger partial charge in [-0.3, -0.25) is 4.90 Å². The molecule has 1 unspecified atom stereocenters. The summed E-state index contributed by atoms with van der Waals surface area (Å²) >= 11 is 3.57. The summed E-state index contributed by atoms with van der Waals surface area (Å²) in [6.45, 7) is 8.10. The van der Waals surface area contributed by atoms with E-state index in [1.807, 2.05) is 0 Å². The van der Waals surface area contributed by atoms with Crippen molar-refractivity contribution in [1.82, 2.24) is 4.90 Å². The van der Waals surface area contributed by atoms with Gasteiger partial charge in [0.05, 0.1) is 13.2 Å².